The van der Waals surface area contributed by atoms with Gasteiger partial charge in [0, 0.05) is 24.6 Å². The summed E-state index contributed by atoms with van der Waals surface area (Å²) >= 11 is 11.9. The van der Waals surface area contributed by atoms with Crippen LogP contribution in [-0.4, -0.2) is 16.5 Å². The van der Waals surface area contributed by atoms with Crippen molar-refractivity contribution in [2.45, 2.75) is 13.5 Å². The molecule has 0 atom stereocenters. The maximum atomic E-state index is 6.01. The zero-order chi connectivity index (χ0) is 12.3. The number of aromatic nitrogens is 2. The third-order valence-corrected chi connectivity index (χ3v) is 3.28. The fraction of sp³-hybridized carbons (Fsp3) is 0.250. The molecule has 17 heavy (non-hydrogen) atoms. The van der Waals surface area contributed by atoms with Gasteiger partial charge in [-0.15, -0.1) is 0 Å². The Hall–Kier alpha value is -1.19. The summed E-state index contributed by atoms with van der Waals surface area (Å²) in [5.74, 6) is 0.929. The van der Waals surface area contributed by atoms with Gasteiger partial charge in [-0.05, 0) is 25.1 Å². The van der Waals surface area contributed by atoms with E-state index in [1.165, 1.54) is 0 Å². The van der Waals surface area contributed by atoms with E-state index < -0.39 is 0 Å². The first-order valence-electron chi connectivity index (χ1n) is 5.39. The van der Waals surface area contributed by atoms with Gasteiger partial charge >= 0.3 is 0 Å². The molecule has 0 unspecified atom stereocenters. The Labute approximate surface area is 110 Å². The molecule has 5 heteroatoms. The molecule has 1 heterocycles. The molecule has 2 rings (SSSR count). The summed E-state index contributed by atoms with van der Waals surface area (Å²) in [4.78, 5) is 9.47. The Kier molecular flexibility index (Phi) is 3.92. The molecule has 0 spiro atoms. The van der Waals surface area contributed by atoms with E-state index in [0.717, 1.165) is 24.6 Å². The minimum atomic E-state index is 0.571. The van der Waals surface area contributed by atoms with Crippen LogP contribution in [0.1, 0.15) is 12.7 Å². The first-order valence-corrected chi connectivity index (χ1v) is 6.14. The van der Waals surface area contributed by atoms with Gasteiger partial charge in [0.25, 0.3) is 0 Å². The molecule has 90 valence electrons. The van der Waals surface area contributed by atoms with Gasteiger partial charge in [-0.2, -0.15) is 0 Å². The second-order valence-corrected chi connectivity index (χ2v) is 4.46. The van der Waals surface area contributed by atoms with Gasteiger partial charge in [0.05, 0.1) is 16.6 Å². The van der Waals surface area contributed by atoms with Gasteiger partial charge in [0.15, 0.2) is 0 Å². The zero-order valence-corrected chi connectivity index (χ0v) is 11.0. The minimum absolute atomic E-state index is 0.571. The molecule has 0 radical (unpaired) electrons. The highest BCUT2D eigenvalue weighted by molar-refractivity contribution is 6.42. The van der Waals surface area contributed by atoms with Crippen LogP contribution in [-0.2, 0) is 6.54 Å². The highest BCUT2D eigenvalue weighted by atomic mass is 35.5. The second kappa shape index (κ2) is 5.43. The quantitative estimate of drug-likeness (QED) is 0.917. The van der Waals surface area contributed by atoms with Gasteiger partial charge in [0.2, 0.25) is 0 Å². The number of H-pyrrole nitrogens is 1. The van der Waals surface area contributed by atoms with E-state index >= 15 is 0 Å². The third-order valence-electron chi connectivity index (χ3n) is 2.55. The van der Waals surface area contributed by atoms with Gasteiger partial charge in [-0.3, -0.25) is 0 Å². The van der Waals surface area contributed by atoms with Crippen LogP contribution in [0, 0.1) is 0 Å². The van der Waals surface area contributed by atoms with Gasteiger partial charge in [0.1, 0.15) is 5.82 Å². The first kappa shape index (κ1) is 12.3. The number of rotatable bonds is 4. The summed E-state index contributed by atoms with van der Waals surface area (Å²) in [5, 5.41) is 1.14. The van der Waals surface area contributed by atoms with E-state index in [-0.39, 0.29) is 0 Å². The van der Waals surface area contributed by atoms with E-state index in [2.05, 4.69) is 21.8 Å². The molecule has 1 N–H and O–H groups in total. The Morgan fingerprint density at radius 2 is 2.12 bits per heavy atom. The Morgan fingerprint density at radius 1 is 1.29 bits per heavy atom. The maximum Gasteiger partial charge on any atom is 0.125 e. The minimum Gasteiger partial charge on any atom is -0.364 e. The number of hydrogen-bond donors (Lipinski definition) is 1. The molecule has 0 bridgehead atoms. The molecule has 1 aromatic heterocycles. The summed E-state index contributed by atoms with van der Waals surface area (Å²) in [5.41, 5.74) is 1.04. The number of aromatic amines is 1. The lowest BCUT2D eigenvalue weighted by Gasteiger charge is -2.22. The van der Waals surface area contributed by atoms with E-state index in [0.29, 0.717) is 10.0 Å². The molecule has 0 fully saturated rings. The van der Waals surface area contributed by atoms with Crippen LogP contribution in [0.2, 0.25) is 10.0 Å². The predicted octanol–water partition coefficient (Wildman–Crippen LogP) is 3.74. The van der Waals surface area contributed by atoms with Crippen LogP contribution in [0.15, 0.2) is 30.6 Å². The van der Waals surface area contributed by atoms with Crippen LogP contribution in [0.3, 0.4) is 0 Å². The summed E-state index contributed by atoms with van der Waals surface area (Å²) in [6.45, 7) is 3.69. The van der Waals surface area contributed by atoms with Crippen molar-refractivity contribution in [2.75, 3.05) is 11.4 Å². The van der Waals surface area contributed by atoms with Crippen molar-refractivity contribution >= 4 is 28.9 Å². The molecule has 0 aliphatic rings. The lowest BCUT2D eigenvalue weighted by Crippen LogP contribution is -2.22. The molecule has 0 saturated carbocycles. The number of hydrogen-bond acceptors (Lipinski definition) is 2. The summed E-state index contributed by atoms with van der Waals surface area (Å²) in [7, 11) is 0. The number of nitrogens with one attached hydrogen (secondary N) is 1. The highest BCUT2D eigenvalue weighted by Gasteiger charge is 2.08. The normalized spacial score (nSPS) is 10.5. The summed E-state index contributed by atoms with van der Waals surface area (Å²) in [6, 6.07) is 5.64. The average molecular weight is 270 g/mol. The molecule has 0 aliphatic heterocycles. The van der Waals surface area contributed by atoms with E-state index in [4.69, 9.17) is 23.2 Å². The van der Waals surface area contributed by atoms with Crippen molar-refractivity contribution in [3.63, 3.8) is 0 Å². The molecular formula is C12H13Cl2N3. The van der Waals surface area contributed by atoms with Crippen LogP contribution in [0.4, 0.5) is 5.69 Å². The van der Waals surface area contributed by atoms with Gasteiger partial charge in [-0.1, -0.05) is 23.2 Å². The summed E-state index contributed by atoms with van der Waals surface area (Å²) < 4.78 is 0. The highest BCUT2D eigenvalue weighted by Crippen LogP contribution is 2.27. The lowest BCUT2D eigenvalue weighted by atomic mass is 10.3. The Morgan fingerprint density at radius 3 is 2.71 bits per heavy atom. The van der Waals surface area contributed by atoms with Crippen molar-refractivity contribution in [3.05, 3.63) is 46.5 Å². The Balaban J connectivity index is 2.20. The van der Waals surface area contributed by atoms with Crippen molar-refractivity contribution in [1.29, 1.82) is 0 Å². The number of nitrogens with zero attached hydrogens (tertiary/aromatic N) is 2. The van der Waals surface area contributed by atoms with Crippen LogP contribution in [0.25, 0.3) is 0 Å². The predicted molar refractivity (Wildman–Crippen MR) is 71.8 cm³/mol. The molecule has 0 amide bonds. The third kappa shape index (κ3) is 2.93. The number of imidazole rings is 1. The van der Waals surface area contributed by atoms with Crippen molar-refractivity contribution in [2.24, 2.45) is 0 Å². The summed E-state index contributed by atoms with van der Waals surface area (Å²) in [6.07, 6.45) is 3.57. The van der Waals surface area contributed by atoms with Crippen LogP contribution < -0.4 is 4.90 Å². The van der Waals surface area contributed by atoms with Gasteiger partial charge in [-0.25, -0.2) is 4.98 Å². The average Bonchev–Trinajstić information content (AvgIpc) is 2.82. The van der Waals surface area contributed by atoms with Crippen molar-refractivity contribution in [3.8, 4) is 0 Å². The molecule has 3 nitrogen and oxygen atoms in total. The fourth-order valence-corrected chi connectivity index (χ4v) is 1.92. The lowest BCUT2D eigenvalue weighted by molar-refractivity contribution is 0.793. The maximum absolute atomic E-state index is 6.01. The largest absolute Gasteiger partial charge is 0.364 e. The standard InChI is InChI=1S/C12H13Cl2N3/c1-2-17(8-12-15-5-6-16-12)9-3-4-10(13)11(14)7-9/h3-7H,2,8H2,1H3,(H,15,16). The van der Waals surface area contributed by atoms with Crippen LogP contribution in [0.5, 0.6) is 0 Å². The van der Waals surface area contributed by atoms with Crippen LogP contribution >= 0.6 is 23.2 Å². The first-order chi connectivity index (χ1) is 8.20. The van der Waals surface area contributed by atoms with E-state index in [1.54, 1.807) is 6.20 Å². The SMILES string of the molecule is CCN(Cc1ncc[nH]1)c1ccc(Cl)c(Cl)c1. The molecule has 0 saturated heterocycles. The zero-order valence-electron chi connectivity index (χ0n) is 9.45. The molecule has 0 aliphatic carbocycles. The molecule has 2 aromatic rings. The number of anilines is 1. The molecule has 1 aromatic carbocycles. The second-order valence-electron chi connectivity index (χ2n) is 3.65. The smallest absolute Gasteiger partial charge is 0.125 e. The van der Waals surface area contributed by atoms with E-state index in [9.17, 15) is 0 Å². The number of halogens is 2. The van der Waals surface area contributed by atoms with E-state index in [1.807, 2.05) is 24.4 Å². The van der Waals surface area contributed by atoms with Crippen molar-refractivity contribution in [1.82, 2.24) is 9.97 Å². The monoisotopic (exact) mass is 269 g/mol. The number of benzene rings is 1. The molecular weight excluding hydrogens is 257 g/mol. The van der Waals surface area contributed by atoms with Gasteiger partial charge < -0.3 is 9.88 Å². The fourth-order valence-electron chi connectivity index (χ4n) is 1.63. The van der Waals surface area contributed by atoms with Crippen molar-refractivity contribution < 1.29 is 0 Å². The Bertz CT molecular complexity index is 483. The topological polar surface area (TPSA) is 31.9 Å².